The molecule has 25 heavy (non-hydrogen) atoms. The Hall–Kier alpha value is -2.92. The van der Waals surface area contributed by atoms with Crippen LogP contribution in [0.15, 0.2) is 67.0 Å². The third-order valence-corrected chi connectivity index (χ3v) is 3.88. The zero-order valence-electron chi connectivity index (χ0n) is 13.2. The topological polar surface area (TPSA) is 54.0 Å². The van der Waals surface area contributed by atoms with Crippen molar-refractivity contribution in [2.24, 2.45) is 0 Å². The van der Waals surface area contributed by atoms with Crippen LogP contribution in [-0.4, -0.2) is 10.9 Å². The first-order valence-electron chi connectivity index (χ1n) is 7.61. The highest BCUT2D eigenvalue weighted by atomic mass is 35.5. The van der Waals surface area contributed by atoms with Gasteiger partial charge in [-0.3, -0.25) is 9.78 Å². The van der Waals surface area contributed by atoms with Gasteiger partial charge in [0.15, 0.2) is 0 Å². The van der Waals surface area contributed by atoms with Gasteiger partial charge in [-0.2, -0.15) is 0 Å². The van der Waals surface area contributed by atoms with Crippen LogP contribution in [-0.2, 0) is 6.54 Å². The number of carbonyl (C=O) groups is 1. The molecule has 4 nitrogen and oxygen atoms in total. The molecule has 1 aromatic heterocycles. The number of carbonyl (C=O) groups excluding carboxylic acids is 1. The van der Waals surface area contributed by atoms with E-state index in [9.17, 15) is 9.18 Å². The molecule has 0 atom stereocenters. The Kier molecular flexibility index (Phi) is 5.26. The van der Waals surface area contributed by atoms with E-state index in [1.54, 1.807) is 36.5 Å². The van der Waals surface area contributed by atoms with Gasteiger partial charge in [-0.1, -0.05) is 41.9 Å². The maximum absolute atomic E-state index is 13.6. The largest absolute Gasteiger partial charge is 0.353 e. The van der Waals surface area contributed by atoms with Gasteiger partial charge >= 0.3 is 0 Å². The van der Waals surface area contributed by atoms with E-state index in [1.165, 1.54) is 12.3 Å². The van der Waals surface area contributed by atoms with Crippen LogP contribution < -0.4 is 10.6 Å². The summed E-state index contributed by atoms with van der Waals surface area (Å²) >= 11 is 6.11. The van der Waals surface area contributed by atoms with E-state index in [-0.39, 0.29) is 18.3 Å². The van der Waals surface area contributed by atoms with Gasteiger partial charge in [0.2, 0.25) is 0 Å². The van der Waals surface area contributed by atoms with Crippen molar-refractivity contribution in [3.8, 4) is 0 Å². The van der Waals surface area contributed by atoms with Gasteiger partial charge in [0.25, 0.3) is 5.91 Å². The molecule has 1 amide bonds. The van der Waals surface area contributed by atoms with Crippen LogP contribution in [0, 0.1) is 5.82 Å². The molecule has 0 spiro atoms. The summed E-state index contributed by atoms with van der Waals surface area (Å²) < 4.78 is 13.6. The van der Waals surface area contributed by atoms with Crippen LogP contribution in [0.1, 0.15) is 15.9 Å². The fourth-order valence-electron chi connectivity index (χ4n) is 2.27. The number of para-hydroxylation sites is 1. The van der Waals surface area contributed by atoms with E-state index < -0.39 is 0 Å². The highest BCUT2D eigenvalue weighted by molar-refractivity contribution is 6.33. The maximum atomic E-state index is 13.6. The van der Waals surface area contributed by atoms with E-state index in [2.05, 4.69) is 15.6 Å². The van der Waals surface area contributed by atoms with E-state index in [0.29, 0.717) is 21.8 Å². The van der Waals surface area contributed by atoms with Crippen molar-refractivity contribution in [3.05, 3.63) is 89.0 Å². The maximum Gasteiger partial charge on any atom is 0.253 e. The first-order valence-corrected chi connectivity index (χ1v) is 7.99. The molecular formula is C19H15ClFN3O. The van der Waals surface area contributed by atoms with Crippen LogP contribution in [0.3, 0.4) is 0 Å². The standard InChI is InChI=1S/C19H15ClFN3O/c20-16-6-2-4-8-18(16)24-15-9-14(10-22-12-15)19(25)23-11-13-5-1-3-7-17(13)21/h1-10,12,24H,11H2,(H,23,25). The van der Waals surface area contributed by atoms with E-state index in [0.717, 1.165) is 5.69 Å². The number of aromatic nitrogens is 1. The second kappa shape index (κ2) is 7.77. The minimum absolute atomic E-state index is 0.105. The lowest BCUT2D eigenvalue weighted by molar-refractivity contribution is 0.0950. The Balaban J connectivity index is 1.69. The zero-order chi connectivity index (χ0) is 17.6. The number of hydrogen-bond acceptors (Lipinski definition) is 3. The lowest BCUT2D eigenvalue weighted by Crippen LogP contribution is -2.23. The quantitative estimate of drug-likeness (QED) is 0.706. The molecular weight excluding hydrogens is 341 g/mol. The predicted octanol–water partition coefficient (Wildman–Crippen LogP) is 4.55. The smallest absolute Gasteiger partial charge is 0.253 e. The molecule has 0 aliphatic rings. The van der Waals surface area contributed by atoms with Crippen LogP contribution >= 0.6 is 11.6 Å². The Bertz CT molecular complexity index is 901. The second-order valence-corrected chi connectivity index (χ2v) is 5.75. The normalized spacial score (nSPS) is 10.3. The van der Waals surface area contributed by atoms with Crippen LogP contribution in [0.2, 0.25) is 5.02 Å². The van der Waals surface area contributed by atoms with Gasteiger partial charge in [0.1, 0.15) is 5.82 Å². The highest BCUT2D eigenvalue weighted by Gasteiger charge is 2.09. The lowest BCUT2D eigenvalue weighted by Gasteiger charge is -2.10. The van der Waals surface area contributed by atoms with Crippen molar-refractivity contribution >= 4 is 28.9 Å². The molecule has 6 heteroatoms. The number of pyridine rings is 1. The molecule has 1 heterocycles. The molecule has 0 saturated heterocycles. The first kappa shape index (κ1) is 16.9. The van der Waals surface area contributed by atoms with Crippen LogP contribution in [0.5, 0.6) is 0 Å². The molecule has 0 fully saturated rings. The Labute approximate surface area is 149 Å². The summed E-state index contributed by atoms with van der Waals surface area (Å²) in [5.41, 5.74) is 2.14. The molecule has 0 radical (unpaired) electrons. The molecule has 2 aromatic carbocycles. The minimum atomic E-state index is -0.352. The van der Waals surface area contributed by atoms with Crippen LogP contribution in [0.4, 0.5) is 15.8 Å². The van der Waals surface area contributed by atoms with Crippen molar-refractivity contribution < 1.29 is 9.18 Å². The third kappa shape index (κ3) is 4.33. The monoisotopic (exact) mass is 355 g/mol. The van der Waals surface area contributed by atoms with Gasteiger partial charge in [-0.15, -0.1) is 0 Å². The summed E-state index contributed by atoms with van der Waals surface area (Å²) in [6.07, 6.45) is 3.05. The number of anilines is 2. The Morgan fingerprint density at radius 2 is 1.84 bits per heavy atom. The Morgan fingerprint density at radius 1 is 1.08 bits per heavy atom. The third-order valence-electron chi connectivity index (χ3n) is 3.55. The summed E-state index contributed by atoms with van der Waals surface area (Å²) in [7, 11) is 0. The van der Waals surface area contributed by atoms with Gasteiger partial charge in [0, 0.05) is 18.3 Å². The number of benzene rings is 2. The fourth-order valence-corrected chi connectivity index (χ4v) is 2.45. The highest BCUT2D eigenvalue weighted by Crippen LogP contribution is 2.24. The number of hydrogen-bond donors (Lipinski definition) is 2. The van der Waals surface area contributed by atoms with Crippen molar-refractivity contribution in [2.75, 3.05) is 5.32 Å². The van der Waals surface area contributed by atoms with Gasteiger partial charge in [-0.05, 0) is 24.3 Å². The summed E-state index contributed by atoms with van der Waals surface area (Å²) in [6.45, 7) is 0.105. The summed E-state index contributed by atoms with van der Waals surface area (Å²) in [4.78, 5) is 16.3. The summed E-state index contributed by atoms with van der Waals surface area (Å²) in [6, 6.07) is 15.3. The minimum Gasteiger partial charge on any atom is -0.353 e. The zero-order valence-corrected chi connectivity index (χ0v) is 13.9. The second-order valence-electron chi connectivity index (χ2n) is 5.34. The number of rotatable bonds is 5. The molecule has 0 aliphatic heterocycles. The number of nitrogens with zero attached hydrogens (tertiary/aromatic N) is 1. The number of nitrogens with one attached hydrogen (secondary N) is 2. The van der Waals surface area contributed by atoms with Crippen molar-refractivity contribution in [2.45, 2.75) is 6.54 Å². The lowest BCUT2D eigenvalue weighted by atomic mass is 10.2. The van der Waals surface area contributed by atoms with Crippen LogP contribution in [0.25, 0.3) is 0 Å². The van der Waals surface area contributed by atoms with Gasteiger partial charge in [0.05, 0.1) is 28.2 Å². The predicted molar refractivity (Wildman–Crippen MR) is 96.5 cm³/mol. The Morgan fingerprint density at radius 3 is 2.64 bits per heavy atom. The van der Waals surface area contributed by atoms with Gasteiger partial charge in [-0.25, -0.2) is 4.39 Å². The van der Waals surface area contributed by atoms with E-state index in [1.807, 2.05) is 18.2 Å². The average Bonchev–Trinajstić information content (AvgIpc) is 2.63. The molecule has 3 aromatic rings. The average molecular weight is 356 g/mol. The number of amides is 1. The first-order chi connectivity index (χ1) is 12.1. The van der Waals surface area contributed by atoms with Gasteiger partial charge < -0.3 is 10.6 Å². The van der Waals surface area contributed by atoms with Crippen molar-refractivity contribution in [1.82, 2.24) is 10.3 Å². The van der Waals surface area contributed by atoms with Crippen molar-refractivity contribution in [1.29, 1.82) is 0 Å². The fraction of sp³-hybridized carbons (Fsp3) is 0.0526. The summed E-state index contributed by atoms with van der Waals surface area (Å²) in [5.74, 6) is -0.686. The summed E-state index contributed by atoms with van der Waals surface area (Å²) in [5, 5.41) is 6.37. The molecule has 0 unspecified atom stereocenters. The molecule has 2 N–H and O–H groups in total. The van der Waals surface area contributed by atoms with E-state index in [4.69, 9.17) is 11.6 Å². The SMILES string of the molecule is O=C(NCc1ccccc1F)c1cncc(Nc2ccccc2Cl)c1. The van der Waals surface area contributed by atoms with Crippen molar-refractivity contribution in [3.63, 3.8) is 0 Å². The number of halogens is 2. The molecule has 0 saturated carbocycles. The molecule has 0 aliphatic carbocycles. The molecule has 126 valence electrons. The molecule has 0 bridgehead atoms. The van der Waals surface area contributed by atoms with E-state index >= 15 is 0 Å². The molecule has 3 rings (SSSR count).